The number of fused-ring (bicyclic) bond motifs is 7. The molecule has 6 aromatic heterocycles. The highest BCUT2D eigenvalue weighted by atomic mass is 32.1. The van der Waals surface area contributed by atoms with Crippen LogP contribution in [-0.4, -0.2) is 18.9 Å². The average molecular weight is 775 g/mol. The zero-order valence-electron chi connectivity index (χ0n) is 31.0. The van der Waals surface area contributed by atoms with E-state index in [0.29, 0.717) is 5.95 Å². The van der Waals surface area contributed by atoms with Gasteiger partial charge >= 0.3 is 0 Å². The molecule has 0 amide bonds. The molecule has 0 fully saturated rings. The number of benzene rings is 7. The molecule has 0 spiro atoms. The fourth-order valence-electron chi connectivity index (χ4n) is 10.0. The summed E-state index contributed by atoms with van der Waals surface area (Å²) in [5.41, 5.74) is 13.8. The minimum atomic E-state index is 0.702. The second-order valence-electron chi connectivity index (χ2n) is 15.6. The number of hydrogen-bond donors (Lipinski definition) is 0. The standard InChI is InChI=1S/C52H30N4S2/c1-3-12-29(13-4-1)31-26-32(30-14-5-2-6-15-30)28-33(27-31)48-51-49(36-17-8-10-21-41(36)58-51)54-52(53-48)56-39-20-11-19-38-44(39)45-40(56)23-25-42-46(45)47-43(57-42)24-22-35-34-16-7-9-18-37(34)55(38)50(35)47/h1-7,9,11-28H,8,10H2. The summed E-state index contributed by atoms with van der Waals surface area (Å²) in [5, 5.41) is 9.03. The van der Waals surface area contributed by atoms with Crippen LogP contribution in [0.3, 0.4) is 0 Å². The van der Waals surface area contributed by atoms with Gasteiger partial charge in [0.1, 0.15) is 0 Å². The van der Waals surface area contributed by atoms with Crippen molar-refractivity contribution in [3.05, 3.63) is 155 Å². The molecule has 13 aromatic rings. The van der Waals surface area contributed by atoms with Gasteiger partial charge in [-0.3, -0.25) is 4.57 Å². The summed E-state index contributed by atoms with van der Waals surface area (Å²) >= 11 is 3.72. The van der Waals surface area contributed by atoms with Crippen LogP contribution in [0.1, 0.15) is 12.8 Å². The lowest BCUT2D eigenvalue weighted by Crippen LogP contribution is -2.21. The van der Waals surface area contributed by atoms with Crippen LogP contribution in [0.15, 0.2) is 146 Å². The molecule has 14 rings (SSSR count). The van der Waals surface area contributed by atoms with Crippen molar-refractivity contribution in [1.29, 1.82) is 0 Å². The van der Waals surface area contributed by atoms with Gasteiger partial charge in [0.05, 0.1) is 43.5 Å². The first kappa shape index (κ1) is 31.3. The molecular weight excluding hydrogens is 745 g/mol. The summed E-state index contributed by atoms with van der Waals surface area (Å²) in [7, 11) is 0. The van der Waals surface area contributed by atoms with Crippen molar-refractivity contribution in [3.63, 3.8) is 0 Å². The van der Waals surface area contributed by atoms with Crippen molar-refractivity contribution >= 4 is 114 Å². The number of aromatic nitrogens is 4. The first-order chi connectivity index (χ1) is 28.8. The number of hydrogen-bond acceptors (Lipinski definition) is 4. The summed E-state index contributed by atoms with van der Waals surface area (Å²) in [6.45, 7) is 0. The van der Waals surface area contributed by atoms with Gasteiger partial charge in [-0.05, 0) is 89.7 Å². The number of nitrogens with zero attached hydrogens (tertiary/aromatic N) is 4. The molecule has 0 saturated carbocycles. The minimum absolute atomic E-state index is 0.702. The molecule has 0 atom stereocenters. The third kappa shape index (κ3) is 4.08. The molecule has 0 bridgehead atoms. The molecule has 270 valence electrons. The third-order valence-electron chi connectivity index (χ3n) is 12.5. The molecule has 6 heterocycles. The van der Waals surface area contributed by atoms with E-state index in [1.54, 1.807) is 0 Å². The first-order valence-corrected chi connectivity index (χ1v) is 21.5. The first-order valence-electron chi connectivity index (χ1n) is 19.9. The normalized spacial score (nSPS) is 13.3. The topological polar surface area (TPSA) is 35.1 Å². The van der Waals surface area contributed by atoms with E-state index in [-0.39, 0.29) is 0 Å². The Balaban J connectivity index is 1.14. The molecule has 0 N–H and O–H groups in total. The summed E-state index contributed by atoms with van der Waals surface area (Å²) < 4.78 is 9.93. The molecule has 1 aliphatic carbocycles. The molecule has 6 heteroatoms. The van der Waals surface area contributed by atoms with Gasteiger partial charge in [0, 0.05) is 57.0 Å². The predicted octanol–water partition coefficient (Wildman–Crippen LogP) is 12.9. The maximum absolute atomic E-state index is 5.71. The average Bonchev–Trinajstić information content (AvgIpc) is 4.02. The van der Waals surface area contributed by atoms with E-state index in [4.69, 9.17) is 9.97 Å². The lowest BCUT2D eigenvalue weighted by Gasteiger charge is -2.13. The second-order valence-corrected chi connectivity index (χ2v) is 17.7. The molecule has 58 heavy (non-hydrogen) atoms. The lowest BCUT2D eigenvalue weighted by atomic mass is 9.95. The summed E-state index contributed by atoms with van der Waals surface area (Å²) in [4.78, 5) is 11.3. The van der Waals surface area contributed by atoms with Crippen molar-refractivity contribution in [1.82, 2.24) is 18.9 Å². The Morgan fingerprint density at radius 1 is 0.466 bits per heavy atom. The van der Waals surface area contributed by atoms with Gasteiger partial charge in [-0.15, -0.1) is 22.7 Å². The van der Waals surface area contributed by atoms with Gasteiger partial charge in [0.25, 0.3) is 0 Å². The number of rotatable bonds is 4. The molecule has 1 aliphatic rings. The monoisotopic (exact) mass is 774 g/mol. The van der Waals surface area contributed by atoms with Crippen molar-refractivity contribution in [2.24, 2.45) is 0 Å². The van der Waals surface area contributed by atoms with E-state index in [9.17, 15) is 0 Å². The molecule has 0 saturated heterocycles. The maximum atomic E-state index is 5.71. The maximum Gasteiger partial charge on any atom is 0.235 e. The van der Waals surface area contributed by atoms with E-state index in [1.165, 1.54) is 90.3 Å². The van der Waals surface area contributed by atoms with Crippen LogP contribution >= 0.6 is 22.7 Å². The van der Waals surface area contributed by atoms with Gasteiger partial charge in [-0.1, -0.05) is 103 Å². The Labute approximate surface area is 339 Å². The smallest absolute Gasteiger partial charge is 0.235 e. The SMILES string of the molecule is C1=c2sc3c(-c4cc(-c5ccccc5)cc(-c5ccccc5)c4)nc(-n4c5ccc6sc7ccc8c9ccccc9n9c%10cccc4c%10c5c6c7c89)nc3c2=CCC1. The van der Waals surface area contributed by atoms with Crippen molar-refractivity contribution in [3.8, 4) is 39.5 Å². The van der Waals surface area contributed by atoms with E-state index in [0.717, 1.165) is 45.3 Å². The van der Waals surface area contributed by atoms with Gasteiger partial charge in [0.15, 0.2) is 0 Å². The Bertz CT molecular complexity index is 3900. The zero-order chi connectivity index (χ0) is 37.6. The Kier molecular flexibility index (Phi) is 6.13. The van der Waals surface area contributed by atoms with Crippen LogP contribution in [0.2, 0.25) is 0 Å². The van der Waals surface area contributed by atoms with E-state index >= 15 is 0 Å². The Morgan fingerprint density at radius 3 is 1.97 bits per heavy atom. The quantitative estimate of drug-likeness (QED) is 0.178. The largest absolute Gasteiger partial charge is 0.308 e. The summed E-state index contributed by atoms with van der Waals surface area (Å²) in [5.74, 6) is 0.702. The van der Waals surface area contributed by atoms with Crippen molar-refractivity contribution < 1.29 is 0 Å². The van der Waals surface area contributed by atoms with Crippen LogP contribution in [0.5, 0.6) is 0 Å². The van der Waals surface area contributed by atoms with Gasteiger partial charge in [-0.25, -0.2) is 9.97 Å². The van der Waals surface area contributed by atoms with Gasteiger partial charge < -0.3 is 4.40 Å². The number of para-hydroxylation sites is 1. The van der Waals surface area contributed by atoms with Crippen LogP contribution in [-0.2, 0) is 0 Å². The van der Waals surface area contributed by atoms with Crippen LogP contribution in [0, 0.1) is 0 Å². The van der Waals surface area contributed by atoms with Crippen molar-refractivity contribution in [2.75, 3.05) is 0 Å². The molecule has 0 unspecified atom stereocenters. The molecule has 0 aliphatic heterocycles. The van der Waals surface area contributed by atoms with E-state index < -0.39 is 0 Å². The molecule has 4 nitrogen and oxygen atoms in total. The Hall–Kier alpha value is -6.86. The Morgan fingerprint density at radius 2 is 1.14 bits per heavy atom. The van der Waals surface area contributed by atoms with Crippen LogP contribution in [0.25, 0.3) is 131 Å². The van der Waals surface area contributed by atoms with Crippen LogP contribution in [0.4, 0.5) is 0 Å². The zero-order valence-corrected chi connectivity index (χ0v) is 32.7. The highest BCUT2D eigenvalue weighted by Gasteiger charge is 2.27. The molecular formula is C52H30N4S2. The molecule has 0 radical (unpaired) electrons. The fraction of sp³-hybridized carbons (Fsp3) is 0.0385. The predicted molar refractivity (Wildman–Crippen MR) is 247 cm³/mol. The summed E-state index contributed by atoms with van der Waals surface area (Å²) in [6, 6.07) is 53.4. The summed E-state index contributed by atoms with van der Waals surface area (Å²) in [6.07, 6.45) is 6.83. The van der Waals surface area contributed by atoms with E-state index in [1.807, 2.05) is 22.7 Å². The third-order valence-corrected chi connectivity index (χ3v) is 14.8. The number of thiophene rings is 2. The van der Waals surface area contributed by atoms with E-state index in [2.05, 4.69) is 167 Å². The van der Waals surface area contributed by atoms with Crippen LogP contribution < -0.4 is 9.75 Å². The highest BCUT2D eigenvalue weighted by molar-refractivity contribution is 7.26. The lowest BCUT2D eigenvalue weighted by molar-refractivity contribution is 1.01. The minimum Gasteiger partial charge on any atom is -0.308 e. The second kappa shape index (κ2) is 11.4. The van der Waals surface area contributed by atoms with Gasteiger partial charge in [0.2, 0.25) is 5.95 Å². The highest BCUT2D eigenvalue weighted by Crippen LogP contribution is 2.50. The molecule has 7 aromatic carbocycles. The van der Waals surface area contributed by atoms with Gasteiger partial charge in [-0.2, -0.15) is 0 Å². The van der Waals surface area contributed by atoms with Crippen molar-refractivity contribution in [2.45, 2.75) is 12.8 Å². The fourth-order valence-corrected chi connectivity index (χ4v) is 12.4.